The summed E-state index contributed by atoms with van der Waals surface area (Å²) in [7, 11) is 1.62. The molecule has 2 rings (SSSR count). The van der Waals surface area contributed by atoms with E-state index < -0.39 is 5.85 Å². The van der Waals surface area contributed by atoms with Gasteiger partial charge in [0.1, 0.15) is 0 Å². The van der Waals surface area contributed by atoms with Gasteiger partial charge in [0.25, 0.3) is 5.85 Å². The van der Waals surface area contributed by atoms with Gasteiger partial charge in [-0.15, -0.1) is 0 Å². The lowest BCUT2D eigenvalue weighted by atomic mass is 10.4. The normalized spacial score (nSPS) is 12.0. The predicted molar refractivity (Wildman–Crippen MR) is 65.9 cm³/mol. The van der Waals surface area contributed by atoms with Gasteiger partial charge in [0.05, 0.1) is 21.3 Å². The first-order valence-corrected chi connectivity index (χ1v) is 6.11. The molecule has 2 aromatic rings. The smallest absolute Gasteiger partial charge is 0.256 e. The number of hydrogen-bond acceptors (Lipinski definition) is 3. The van der Waals surface area contributed by atoms with Crippen LogP contribution in [-0.4, -0.2) is 26.7 Å². The van der Waals surface area contributed by atoms with Crippen molar-refractivity contribution in [2.24, 2.45) is 0 Å². The summed E-state index contributed by atoms with van der Waals surface area (Å²) in [4.78, 5) is 0. The highest BCUT2D eigenvalue weighted by atomic mass is 79.9. The van der Waals surface area contributed by atoms with E-state index in [-0.39, 0.29) is 0 Å². The van der Waals surface area contributed by atoms with Gasteiger partial charge in [-0.2, -0.15) is 10.2 Å². The highest BCUT2D eigenvalue weighted by molar-refractivity contribution is 9.10. The van der Waals surface area contributed by atoms with E-state index in [1.54, 1.807) is 28.9 Å². The monoisotopic (exact) mass is 348 g/mol. The van der Waals surface area contributed by atoms with E-state index >= 15 is 0 Å². The molecule has 0 radical (unpaired) electrons. The average molecular weight is 350 g/mol. The molecule has 0 bridgehead atoms. The Balaban J connectivity index is 2.47. The van der Waals surface area contributed by atoms with Crippen LogP contribution in [0.25, 0.3) is 0 Å². The molecule has 0 fully saturated rings. The summed E-state index contributed by atoms with van der Waals surface area (Å²) in [5.74, 6) is -0.780. The Hall–Kier alpha value is -0.660. The summed E-state index contributed by atoms with van der Waals surface area (Å²) in [5.41, 5.74) is 0. The highest BCUT2D eigenvalue weighted by Crippen LogP contribution is 2.22. The summed E-state index contributed by atoms with van der Waals surface area (Å²) >= 11 is 6.71. The summed E-state index contributed by atoms with van der Waals surface area (Å²) in [6, 6.07) is 0. The topological polar surface area (TPSA) is 44.9 Å². The van der Waals surface area contributed by atoms with E-state index in [1.165, 1.54) is 0 Å². The van der Waals surface area contributed by atoms with Crippen molar-refractivity contribution < 1.29 is 4.74 Å². The Bertz CT molecular complexity index is 453. The van der Waals surface area contributed by atoms with Gasteiger partial charge in [-0.1, -0.05) is 0 Å². The zero-order valence-corrected chi connectivity index (χ0v) is 11.9. The predicted octanol–water partition coefficient (Wildman–Crippen LogP) is 2.43. The fourth-order valence-electron chi connectivity index (χ4n) is 1.35. The van der Waals surface area contributed by atoms with Crippen LogP contribution >= 0.6 is 31.9 Å². The minimum absolute atomic E-state index is 0.780. The van der Waals surface area contributed by atoms with E-state index in [4.69, 9.17) is 4.74 Å². The molecule has 2 heterocycles. The average Bonchev–Trinajstić information content (AvgIpc) is 2.86. The molecule has 86 valence electrons. The van der Waals surface area contributed by atoms with Gasteiger partial charge in [-0.3, -0.25) is 0 Å². The Morgan fingerprint density at radius 2 is 1.56 bits per heavy atom. The second-order valence-electron chi connectivity index (χ2n) is 3.34. The molecule has 0 saturated carbocycles. The molecular weight excluding hydrogens is 340 g/mol. The summed E-state index contributed by atoms with van der Waals surface area (Å²) in [6.07, 6.45) is 7.07. The molecule has 0 N–H and O–H groups in total. The van der Waals surface area contributed by atoms with E-state index in [2.05, 4.69) is 42.1 Å². The molecule has 0 saturated heterocycles. The van der Waals surface area contributed by atoms with E-state index in [9.17, 15) is 0 Å². The number of hydrogen-bond donors (Lipinski definition) is 0. The number of methoxy groups -OCH3 is 1. The molecule has 0 amide bonds. The fourth-order valence-corrected chi connectivity index (χ4v) is 1.92. The van der Waals surface area contributed by atoms with Crippen molar-refractivity contribution in [3.63, 3.8) is 0 Å². The van der Waals surface area contributed by atoms with Crippen molar-refractivity contribution in [3.8, 4) is 0 Å². The van der Waals surface area contributed by atoms with Crippen LogP contribution in [0.1, 0.15) is 6.92 Å². The van der Waals surface area contributed by atoms with Crippen molar-refractivity contribution in [2.45, 2.75) is 12.8 Å². The lowest BCUT2D eigenvalue weighted by Gasteiger charge is -2.28. The van der Waals surface area contributed by atoms with Crippen molar-refractivity contribution in [2.75, 3.05) is 7.11 Å². The molecule has 0 aliphatic heterocycles. The summed E-state index contributed by atoms with van der Waals surface area (Å²) in [6.45, 7) is 1.88. The number of aromatic nitrogens is 4. The maximum absolute atomic E-state index is 5.50. The number of nitrogens with zero attached hydrogens (tertiary/aromatic N) is 4. The van der Waals surface area contributed by atoms with Crippen LogP contribution in [0, 0.1) is 0 Å². The molecule has 16 heavy (non-hydrogen) atoms. The Labute approximate surface area is 110 Å². The third-order valence-corrected chi connectivity index (χ3v) is 3.16. The van der Waals surface area contributed by atoms with Crippen molar-refractivity contribution in [1.29, 1.82) is 0 Å². The Morgan fingerprint density at radius 1 is 1.12 bits per heavy atom. The number of rotatable bonds is 3. The second kappa shape index (κ2) is 4.31. The van der Waals surface area contributed by atoms with Crippen LogP contribution in [0.3, 0.4) is 0 Å². The number of halogens is 2. The maximum atomic E-state index is 5.50. The fraction of sp³-hybridized carbons (Fsp3) is 0.333. The van der Waals surface area contributed by atoms with Crippen LogP contribution < -0.4 is 0 Å². The van der Waals surface area contributed by atoms with Gasteiger partial charge in [0, 0.05) is 26.4 Å². The van der Waals surface area contributed by atoms with Crippen LogP contribution in [0.15, 0.2) is 33.7 Å². The van der Waals surface area contributed by atoms with E-state index in [1.807, 2.05) is 19.3 Å². The molecule has 0 aliphatic carbocycles. The first-order chi connectivity index (χ1) is 7.56. The van der Waals surface area contributed by atoms with Gasteiger partial charge in [-0.05, 0) is 31.9 Å². The van der Waals surface area contributed by atoms with Gasteiger partial charge < -0.3 is 4.74 Å². The third kappa shape index (κ3) is 1.94. The molecule has 0 aliphatic rings. The quantitative estimate of drug-likeness (QED) is 0.854. The van der Waals surface area contributed by atoms with Gasteiger partial charge in [-0.25, -0.2) is 9.36 Å². The molecular formula is C9H10Br2N4O. The molecule has 0 atom stereocenters. The minimum Gasteiger partial charge on any atom is -0.339 e. The summed E-state index contributed by atoms with van der Waals surface area (Å²) < 4.78 is 10.7. The zero-order valence-electron chi connectivity index (χ0n) is 8.76. The Morgan fingerprint density at radius 3 is 1.81 bits per heavy atom. The van der Waals surface area contributed by atoms with E-state index in [0.717, 1.165) is 8.95 Å². The molecule has 7 heteroatoms. The van der Waals surface area contributed by atoms with Crippen LogP contribution in [-0.2, 0) is 10.6 Å². The Kier molecular flexibility index (Phi) is 3.18. The van der Waals surface area contributed by atoms with Gasteiger partial charge >= 0.3 is 0 Å². The van der Waals surface area contributed by atoms with Crippen molar-refractivity contribution in [1.82, 2.24) is 19.6 Å². The van der Waals surface area contributed by atoms with Gasteiger partial charge in [0.2, 0.25) is 0 Å². The standard InChI is InChI=1S/C9H10Br2N4O/c1-9(16-2,14-5-7(10)3-12-14)15-6-8(11)4-13-15/h3-6H,1-2H3. The van der Waals surface area contributed by atoms with Crippen LogP contribution in [0.4, 0.5) is 0 Å². The van der Waals surface area contributed by atoms with Gasteiger partial charge in [0.15, 0.2) is 0 Å². The third-order valence-electron chi connectivity index (χ3n) is 2.34. The van der Waals surface area contributed by atoms with Crippen molar-refractivity contribution >= 4 is 31.9 Å². The van der Waals surface area contributed by atoms with E-state index in [0.29, 0.717) is 0 Å². The molecule has 0 aromatic carbocycles. The summed E-state index contributed by atoms with van der Waals surface area (Å²) in [5, 5.41) is 8.43. The highest BCUT2D eigenvalue weighted by Gasteiger charge is 2.30. The largest absolute Gasteiger partial charge is 0.339 e. The first kappa shape index (κ1) is 11.8. The molecule has 0 unspecified atom stereocenters. The maximum Gasteiger partial charge on any atom is 0.256 e. The second-order valence-corrected chi connectivity index (χ2v) is 5.18. The first-order valence-electron chi connectivity index (χ1n) is 4.53. The lowest BCUT2D eigenvalue weighted by molar-refractivity contribution is -0.106. The van der Waals surface area contributed by atoms with Crippen molar-refractivity contribution in [3.05, 3.63) is 33.7 Å². The number of ether oxygens (including phenoxy) is 1. The zero-order chi connectivity index (χ0) is 11.8. The lowest BCUT2D eigenvalue weighted by Crippen LogP contribution is -2.40. The minimum atomic E-state index is -0.780. The molecule has 2 aromatic heterocycles. The van der Waals surface area contributed by atoms with Crippen LogP contribution in [0.5, 0.6) is 0 Å². The molecule has 5 nitrogen and oxygen atoms in total. The van der Waals surface area contributed by atoms with Crippen LogP contribution in [0.2, 0.25) is 0 Å². The molecule has 0 spiro atoms. The SMILES string of the molecule is COC(C)(n1cc(Br)cn1)n1cc(Br)cn1.